The highest BCUT2D eigenvalue weighted by atomic mass is 15.3. The van der Waals surface area contributed by atoms with E-state index in [0.717, 1.165) is 6.42 Å². The zero-order chi connectivity index (χ0) is 9.10. The standard InChI is InChI=1S/C11H14N2/c1-12-13-11-8-4-6-9-5-2-3-7-10(9)11/h2-3,5,7,12H,4,6,8H2,1H3/b13-11-. The van der Waals surface area contributed by atoms with Crippen molar-refractivity contribution in [2.75, 3.05) is 7.05 Å². The summed E-state index contributed by atoms with van der Waals surface area (Å²) >= 11 is 0. The predicted molar refractivity (Wildman–Crippen MR) is 55.0 cm³/mol. The molecule has 2 rings (SSSR count). The number of hydrogen-bond donors (Lipinski definition) is 1. The molecule has 2 nitrogen and oxygen atoms in total. The van der Waals surface area contributed by atoms with Crippen LogP contribution < -0.4 is 5.43 Å². The van der Waals surface area contributed by atoms with Crippen LogP contribution >= 0.6 is 0 Å². The molecular formula is C11H14N2. The van der Waals surface area contributed by atoms with Crippen LogP contribution in [0.15, 0.2) is 29.4 Å². The molecule has 1 N–H and O–H groups in total. The quantitative estimate of drug-likeness (QED) is 0.646. The monoisotopic (exact) mass is 174 g/mol. The van der Waals surface area contributed by atoms with Gasteiger partial charge in [0.05, 0.1) is 5.71 Å². The van der Waals surface area contributed by atoms with Gasteiger partial charge in [-0.3, -0.25) is 0 Å². The van der Waals surface area contributed by atoms with Crippen molar-refractivity contribution in [3.8, 4) is 0 Å². The van der Waals surface area contributed by atoms with Gasteiger partial charge in [-0.1, -0.05) is 24.3 Å². The van der Waals surface area contributed by atoms with E-state index in [4.69, 9.17) is 0 Å². The van der Waals surface area contributed by atoms with Crippen LogP contribution in [-0.2, 0) is 6.42 Å². The van der Waals surface area contributed by atoms with Gasteiger partial charge in [-0.15, -0.1) is 0 Å². The molecule has 0 radical (unpaired) electrons. The van der Waals surface area contributed by atoms with E-state index in [1.807, 2.05) is 7.05 Å². The molecule has 0 heterocycles. The Morgan fingerprint density at radius 1 is 1.23 bits per heavy atom. The molecule has 0 atom stereocenters. The first kappa shape index (κ1) is 8.30. The number of hydrazone groups is 1. The molecule has 2 heteroatoms. The van der Waals surface area contributed by atoms with E-state index < -0.39 is 0 Å². The minimum absolute atomic E-state index is 1.10. The Morgan fingerprint density at radius 2 is 2.08 bits per heavy atom. The van der Waals surface area contributed by atoms with Crippen LogP contribution in [0, 0.1) is 0 Å². The van der Waals surface area contributed by atoms with Crippen LogP contribution in [0.4, 0.5) is 0 Å². The second kappa shape index (κ2) is 3.60. The Labute approximate surface area is 78.7 Å². The number of aryl methyl sites for hydroxylation is 1. The Balaban J connectivity index is 2.42. The molecule has 1 aliphatic carbocycles. The Morgan fingerprint density at radius 3 is 2.92 bits per heavy atom. The lowest BCUT2D eigenvalue weighted by atomic mass is 9.90. The van der Waals surface area contributed by atoms with E-state index >= 15 is 0 Å². The van der Waals surface area contributed by atoms with Crippen LogP contribution in [0.3, 0.4) is 0 Å². The van der Waals surface area contributed by atoms with Gasteiger partial charge in [-0.25, -0.2) is 0 Å². The number of fused-ring (bicyclic) bond motifs is 1. The molecule has 68 valence electrons. The Bertz CT molecular complexity index is 329. The summed E-state index contributed by atoms with van der Waals surface area (Å²) in [5.74, 6) is 0. The molecule has 0 unspecified atom stereocenters. The maximum atomic E-state index is 4.29. The topological polar surface area (TPSA) is 24.4 Å². The third-order valence-corrected chi connectivity index (χ3v) is 2.43. The highest BCUT2D eigenvalue weighted by molar-refractivity contribution is 6.02. The lowest BCUT2D eigenvalue weighted by Crippen LogP contribution is -2.14. The van der Waals surface area contributed by atoms with Crippen molar-refractivity contribution in [3.05, 3.63) is 35.4 Å². The van der Waals surface area contributed by atoms with E-state index in [0.29, 0.717) is 0 Å². The second-order valence-corrected chi connectivity index (χ2v) is 3.29. The minimum Gasteiger partial charge on any atom is -0.313 e. The fourth-order valence-electron chi connectivity index (χ4n) is 1.85. The largest absolute Gasteiger partial charge is 0.313 e. The minimum atomic E-state index is 1.10. The molecule has 1 aromatic carbocycles. The zero-order valence-corrected chi connectivity index (χ0v) is 7.88. The smallest absolute Gasteiger partial charge is 0.0677 e. The molecule has 0 spiro atoms. The van der Waals surface area contributed by atoms with Crippen molar-refractivity contribution in [3.63, 3.8) is 0 Å². The van der Waals surface area contributed by atoms with E-state index in [9.17, 15) is 0 Å². The van der Waals surface area contributed by atoms with Crippen LogP contribution in [0.5, 0.6) is 0 Å². The lowest BCUT2D eigenvalue weighted by molar-refractivity contribution is 0.812. The van der Waals surface area contributed by atoms with Gasteiger partial charge in [-0.05, 0) is 24.8 Å². The third kappa shape index (κ3) is 1.57. The van der Waals surface area contributed by atoms with Crippen molar-refractivity contribution < 1.29 is 0 Å². The van der Waals surface area contributed by atoms with Gasteiger partial charge in [0.2, 0.25) is 0 Å². The SMILES string of the molecule is CN/N=C1/CCCc2ccccc21. The Kier molecular flexibility index (Phi) is 2.30. The first-order chi connectivity index (χ1) is 6.42. The fraction of sp³-hybridized carbons (Fsp3) is 0.364. The van der Waals surface area contributed by atoms with E-state index in [1.165, 1.54) is 29.7 Å². The number of hydrogen-bond acceptors (Lipinski definition) is 2. The van der Waals surface area contributed by atoms with E-state index in [1.54, 1.807) is 0 Å². The highest BCUT2D eigenvalue weighted by Gasteiger charge is 2.13. The van der Waals surface area contributed by atoms with Crippen molar-refractivity contribution >= 4 is 5.71 Å². The summed E-state index contributed by atoms with van der Waals surface area (Å²) in [6, 6.07) is 8.53. The molecular weight excluding hydrogens is 160 g/mol. The zero-order valence-electron chi connectivity index (χ0n) is 7.88. The lowest BCUT2D eigenvalue weighted by Gasteiger charge is -2.16. The first-order valence-electron chi connectivity index (χ1n) is 4.73. The average molecular weight is 174 g/mol. The van der Waals surface area contributed by atoms with Gasteiger partial charge in [0.15, 0.2) is 0 Å². The summed E-state index contributed by atoms with van der Waals surface area (Å²) in [5, 5.41) is 4.29. The summed E-state index contributed by atoms with van der Waals surface area (Å²) in [6.07, 6.45) is 3.51. The van der Waals surface area contributed by atoms with Crippen molar-refractivity contribution in [1.82, 2.24) is 5.43 Å². The van der Waals surface area contributed by atoms with Crippen molar-refractivity contribution in [2.24, 2.45) is 5.10 Å². The maximum Gasteiger partial charge on any atom is 0.0677 e. The fourth-order valence-corrected chi connectivity index (χ4v) is 1.85. The molecule has 1 aliphatic rings. The summed E-state index contributed by atoms with van der Waals surface area (Å²) in [7, 11) is 1.85. The highest BCUT2D eigenvalue weighted by Crippen LogP contribution is 2.20. The van der Waals surface area contributed by atoms with Gasteiger partial charge in [0.1, 0.15) is 0 Å². The van der Waals surface area contributed by atoms with Crippen LogP contribution in [0.1, 0.15) is 24.0 Å². The van der Waals surface area contributed by atoms with Crippen LogP contribution in [-0.4, -0.2) is 12.8 Å². The Hall–Kier alpha value is -1.31. The molecule has 13 heavy (non-hydrogen) atoms. The summed E-state index contributed by atoms with van der Waals surface area (Å²) < 4.78 is 0. The summed E-state index contributed by atoms with van der Waals surface area (Å²) in [6.45, 7) is 0. The predicted octanol–water partition coefficient (Wildman–Crippen LogP) is 1.95. The molecule has 0 amide bonds. The average Bonchev–Trinajstić information content (AvgIpc) is 2.19. The number of nitrogens with one attached hydrogen (secondary N) is 1. The number of rotatable bonds is 1. The molecule has 0 saturated heterocycles. The molecule has 0 aliphatic heterocycles. The van der Waals surface area contributed by atoms with Gasteiger partial charge in [-0.2, -0.15) is 5.10 Å². The summed E-state index contributed by atoms with van der Waals surface area (Å²) in [5.41, 5.74) is 6.82. The van der Waals surface area contributed by atoms with Crippen molar-refractivity contribution in [2.45, 2.75) is 19.3 Å². The molecule has 0 aromatic heterocycles. The molecule has 0 fully saturated rings. The van der Waals surface area contributed by atoms with Gasteiger partial charge >= 0.3 is 0 Å². The van der Waals surface area contributed by atoms with E-state index in [2.05, 4.69) is 34.8 Å². The number of nitrogens with zero attached hydrogens (tertiary/aromatic N) is 1. The third-order valence-electron chi connectivity index (χ3n) is 2.43. The maximum absolute atomic E-state index is 4.29. The molecule has 0 saturated carbocycles. The van der Waals surface area contributed by atoms with Crippen molar-refractivity contribution in [1.29, 1.82) is 0 Å². The first-order valence-corrected chi connectivity index (χ1v) is 4.73. The van der Waals surface area contributed by atoms with Gasteiger partial charge < -0.3 is 5.43 Å². The number of benzene rings is 1. The van der Waals surface area contributed by atoms with E-state index in [-0.39, 0.29) is 0 Å². The second-order valence-electron chi connectivity index (χ2n) is 3.29. The van der Waals surface area contributed by atoms with Crippen LogP contribution in [0.25, 0.3) is 0 Å². The summed E-state index contributed by atoms with van der Waals surface area (Å²) in [4.78, 5) is 0. The normalized spacial score (nSPS) is 18.4. The van der Waals surface area contributed by atoms with Crippen LogP contribution in [0.2, 0.25) is 0 Å². The van der Waals surface area contributed by atoms with Gasteiger partial charge in [0.25, 0.3) is 0 Å². The molecule has 0 bridgehead atoms. The molecule has 1 aromatic rings. The van der Waals surface area contributed by atoms with Gasteiger partial charge in [0, 0.05) is 12.6 Å².